The van der Waals surface area contributed by atoms with E-state index in [0.29, 0.717) is 12.1 Å². The molecule has 2 rings (SSSR count). The minimum absolute atomic E-state index is 0.0344. The van der Waals surface area contributed by atoms with Gasteiger partial charge in [0.05, 0.1) is 16.0 Å². The Morgan fingerprint density at radius 2 is 1.83 bits per heavy atom. The van der Waals surface area contributed by atoms with Crippen molar-refractivity contribution in [3.05, 3.63) is 59.4 Å². The highest BCUT2D eigenvalue weighted by molar-refractivity contribution is 7.89. The zero-order valence-electron chi connectivity index (χ0n) is 14.9. The van der Waals surface area contributed by atoms with Gasteiger partial charge in [-0.3, -0.25) is 0 Å². The molecule has 2 aromatic carbocycles. The van der Waals surface area contributed by atoms with Crippen LogP contribution in [0.1, 0.15) is 17.5 Å². The van der Waals surface area contributed by atoms with Crippen LogP contribution in [-0.2, 0) is 16.2 Å². The fraction of sp³-hybridized carbons (Fsp3) is 0.278. The summed E-state index contributed by atoms with van der Waals surface area (Å²) in [5.41, 5.74) is 4.75. The molecule has 156 valence electrons. The van der Waals surface area contributed by atoms with Gasteiger partial charge >= 0.3 is 6.18 Å². The maximum absolute atomic E-state index is 13.5. The summed E-state index contributed by atoms with van der Waals surface area (Å²) >= 11 is 0. The highest BCUT2D eigenvalue weighted by atomic mass is 32.2. The highest BCUT2D eigenvalue weighted by Gasteiger charge is 2.30. The molecule has 3 N–H and O–H groups in total. The molecule has 6 nitrogen and oxygen atoms in total. The molecule has 0 saturated carbocycles. The first-order valence-corrected chi connectivity index (χ1v) is 9.76. The van der Waals surface area contributed by atoms with Crippen molar-refractivity contribution < 1.29 is 30.7 Å². The first kappa shape index (κ1) is 22.6. The fourth-order valence-corrected chi connectivity index (χ4v) is 3.30. The van der Waals surface area contributed by atoms with Gasteiger partial charge in [-0.05, 0) is 42.8 Å². The number of ether oxygens (including phenoxy) is 1. The summed E-state index contributed by atoms with van der Waals surface area (Å²) in [5.74, 6) is -0.565. The second-order valence-electron chi connectivity index (χ2n) is 6.03. The molecule has 29 heavy (non-hydrogen) atoms. The lowest BCUT2D eigenvalue weighted by atomic mass is 10.2. The highest BCUT2D eigenvalue weighted by Crippen LogP contribution is 2.29. The van der Waals surface area contributed by atoms with E-state index in [4.69, 9.17) is 15.7 Å². The van der Waals surface area contributed by atoms with E-state index in [-0.39, 0.29) is 35.8 Å². The molecule has 0 aromatic heterocycles. The number of rotatable bonds is 8. The Balaban J connectivity index is 1.83. The topological polar surface area (TPSA) is 105 Å². The molecule has 0 aliphatic carbocycles. The lowest BCUT2D eigenvalue weighted by Gasteiger charge is -2.14. The van der Waals surface area contributed by atoms with Crippen LogP contribution in [0.25, 0.3) is 0 Å². The largest absolute Gasteiger partial charge is 0.492 e. The van der Waals surface area contributed by atoms with Crippen molar-refractivity contribution in [1.82, 2.24) is 4.72 Å². The lowest BCUT2D eigenvalue weighted by molar-refractivity contribution is -0.137. The molecule has 2 aromatic rings. The van der Waals surface area contributed by atoms with E-state index in [0.717, 1.165) is 18.2 Å². The molecular weight excluding hydrogens is 414 g/mol. The number of nitriles is 1. The van der Waals surface area contributed by atoms with Crippen LogP contribution in [0.15, 0.2) is 47.4 Å². The predicted molar refractivity (Wildman–Crippen MR) is 95.8 cm³/mol. The van der Waals surface area contributed by atoms with E-state index in [1.807, 2.05) is 0 Å². The zero-order valence-corrected chi connectivity index (χ0v) is 15.7. The normalized spacial score (nSPS) is 13.0. The number of halogens is 4. The summed E-state index contributed by atoms with van der Waals surface area (Å²) in [6.45, 7) is -0.108. The minimum Gasteiger partial charge on any atom is -0.492 e. The third kappa shape index (κ3) is 6.42. The number of hydrogen-bond donors (Lipinski definition) is 2. The summed E-state index contributed by atoms with van der Waals surface area (Å²) in [7, 11) is -3.99. The third-order valence-corrected chi connectivity index (χ3v) is 5.30. The quantitative estimate of drug-likeness (QED) is 0.626. The van der Waals surface area contributed by atoms with E-state index >= 15 is 0 Å². The number of nitrogens with two attached hydrogens (primary N) is 1. The van der Waals surface area contributed by atoms with Gasteiger partial charge in [-0.25, -0.2) is 17.5 Å². The number of hydrogen-bond acceptors (Lipinski definition) is 5. The standard InChI is InChI=1S/C18H17F4N3O3S/c19-17-9-15(4-1-12(17)10-23)28-11-14(24)7-8-25-29(26,27)16-5-2-13(3-6-16)18(20,21)22/h1-6,9,14,25H,7-8,11,24H2/t14-/m0/s1. The molecular formula is C18H17F4N3O3S. The van der Waals surface area contributed by atoms with E-state index in [9.17, 15) is 26.0 Å². The van der Waals surface area contributed by atoms with Crippen molar-refractivity contribution in [2.75, 3.05) is 13.2 Å². The number of alkyl halides is 3. The van der Waals surface area contributed by atoms with Crippen LogP contribution in [0.2, 0.25) is 0 Å². The Morgan fingerprint density at radius 1 is 1.17 bits per heavy atom. The Labute approximate surface area is 164 Å². The summed E-state index contributed by atoms with van der Waals surface area (Å²) in [4.78, 5) is -0.302. The predicted octanol–water partition coefficient (Wildman–Crippen LogP) is 2.79. The number of benzene rings is 2. The van der Waals surface area contributed by atoms with Crippen molar-refractivity contribution in [1.29, 1.82) is 5.26 Å². The summed E-state index contributed by atoms with van der Waals surface area (Å²) in [5, 5.41) is 8.66. The minimum atomic E-state index is -4.56. The summed E-state index contributed by atoms with van der Waals surface area (Å²) in [6, 6.07) is 7.89. The van der Waals surface area contributed by atoms with E-state index in [1.54, 1.807) is 6.07 Å². The molecule has 0 aliphatic heterocycles. The average molecular weight is 431 g/mol. The van der Waals surface area contributed by atoms with Gasteiger partial charge in [0.25, 0.3) is 0 Å². The number of sulfonamides is 1. The van der Waals surface area contributed by atoms with Crippen LogP contribution in [0, 0.1) is 17.1 Å². The molecule has 0 unspecified atom stereocenters. The molecule has 0 spiro atoms. The lowest BCUT2D eigenvalue weighted by Crippen LogP contribution is -2.34. The monoisotopic (exact) mass is 431 g/mol. The van der Waals surface area contributed by atoms with Crippen molar-refractivity contribution in [3.63, 3.8) is 0 Å². The molecule has 0 aliphatic rings. The second-order valence-corrected chi connectivity index (χ2v) is 7.80. The average Bonchev–Trinajstić information content (AvgIpc) is 2.66. The molecule has 0 bridgehead atoms. The molecule has 0 saturated heterocycles. The Hall–Kier alpha value is -2.68. The van der Waals surface area contributed by atoms with Crippen LogP contribution >= 0.6 is 0 Å². The van der Waals surface area contributed by atoms with Crippen LogP contribution < -0.4 is 15.2 Å². The maximum Gasteiger partial charge on any atom is 0.416 e. The second kappa shape index (κ2) is 9.21. The smallest absolute Gasteiger partial charge is 0.416 e. The van der Waals surface area contributed by atoms with Gasteiger partial charge in [0.15, 0.2) is 0 Å². The van der Waals surface area contributed by atoms with Gasteiger partial charge in [-0.1, -0.05) is 0 Å². The molecule has 0 heterocycles. The van der Waals surface area contributed by atoms with Crippen LogP contribution in [0.4, 0.5) is 17.6 Å². The molecule has 0 amide bonds. The Morgan fingerprint density at radius 3 is 2.38 bits per heavy atom. The van der Waals surface area contributed by atoms with Crippen LogP contribution in [0.5, 0.6) is 5.75 Å². The first-order chi connectivity index (χ1) is 13.5. The summed E-state index contributed by atoms with van der Waals surface area (Å²) < 4.78 is 82.9. The molecule has 0 fully saturated rings. The van der Waals surface area contributed by atoms with Crippen LogP contribution in [-0.4, -0.2) is 27.6 Å². The van der Waals surface area contributed by atoms with E-state index in [2.05, 4.69) is 4.72 Å². The number of nitrogens with zero attached hydrogens (tertiary/aromatic N) is 1. The maximum atomic E-state index is 13.5. The van der Waals surface area contributed by atoms with Gasteiger partial charge < -0.3 is 10.5 Å². The van der Waals surface area contributed by atoms with Crippen molar-refractivity contribution in [3.8, 4) is 11.8 Å². The van der Waals surface area contributed by atoms with E-state index in [1.165, 1.54) is 12.1 Å². The number of nitrogens with one attached hydrogen (secondary N) is 1. The first-order valence-electron chi connectivity index (χ1n) is 8.28. The van der Waals surface area contributed by atoms with Crippen molar-refractivity contribution >= 4 is 10.0 Å². The van der Waals surface area contributed by atoms with Gasteiger partial charge in [-0.2, -0.15) is 18.4 Å². The van der Waals surface area contributed by atoms with Crippen molar-refractivity contribution in [2.45, 2.75) is 23.5 Å². The van der Waals surface area contributed by atoms with Gasteiger partial charge in [0, 0.05) is 18.7 Å². The zero-order chi connectivity index (χ0) is 21.7. The molecule has 1 atom stereocenters. The Kier molecular flexibility index (Phi) is 7.18. The van der Waals surface area contributed by atoms with E-state index < -0.39 is 33.6 Å². The van der Waals surface area contributed by atoms with Crippen LogP contribution in [0.3, 0.4) is 0 Å². The summed E-state index contributed by atoms with van der Waals surface area (Å²) in [6.07, 6.45) is -4.39. The third-order valence-electron chi connectivity index (χ3n) is 3.82. The Bertz CT molecular complexity index is 987. The molecule has 0 radical (unpaired) electrons. The van der Waals surface area contributed by atoms with Crippen molar-refractivity contribution in [2.24, 2.45) is 5.73 Å². The van der Waals surface area contributed by atoms with Gasteiger partial charge in [-0.15, -0.1) is 0 Å². The molecule has 11 heteroatoms. The fourth-order valence-electron chi connectivity index (χ4n) is 2.25. The van der Waals surface area contributed by atoms with Gasteiger partial charge in [0.1, 0.15) is 24.2 Å². The van der Waals surface area contributed by atoms with Gasteiger partial charge in [0.2, 0.25) is 10.0 Å². The SMILES string of the molecule is N#Cc1ccc(OC[C@@H](N)CCNS(=O)(=O)c2ccc(C(F)(F)F)cc2)cc1F.